The summed E-state index contributed by atoms with van der Waals surface area (Å²) in [5, 5.41) is 16.7. The number of benzene rings is 1. The average molecular weight is 265 g/mol. The molecule has 1 unspecified atom stereocenters. The van der Waals surface area contributed by atoms with Crippen molar-refractivity contribution in [1.29, 1.82) is 5.41 Å². The molecule has 0 saturated carbocycles. The lowest BCUT2D eigenvalue weighted by molar-refractivity contribution is 0.0840. The van der Waals surface area contributed by atoms with Crippen molar-refractivity contribution in [2.75, 3.05) is 13.2 Å². The molecule has 0 aromatic heterocycles. The lowest BCUT2D eigenvalue weighted by Crippen LogP contribution is -2.41. The van der Waals surface area contributed by atoms with Crippen LogP contribution in [0.25, 0.3) is 0 Å². The number of amidine groups is 1. The number of halogens is 1. The molecule has 0 spiro atoms. The van der Waals surface area contributed by atoms with E-state index in [1.165, 1.54) is 12.1 Å². The van der Waals surface area contributed by atoms with Gasteiger partial charge in [0.05, 0.1) is 6.61 Å². The number of aliphatic hydroxyl groups excluding tert-OH is 1. The predicted molar refractivity (Wildman–Crippen MR) is 72.6 cm³/mol. The van der Waals surface area contributed by atoms with Gasteiger partial charge in [-0.15, -0.1) is 0 Å². The van der Waals surface area contributed by atoms with Gasteiger partial charge in [-0.1, -0.05) is 6.42 Å². The number of rotatable bonds is 4. The van der Waals surface area contributed by atoms with Crippen molar-refractivity contribution in [1.82, 2.24) is 4.90 Å². The van der Waals surface area contributed by atoms with Gasteiger partial charge in [-0.05, 0) is 43.1 Å². The summed E-state index contributed by atoms with van der Waals surface area (Å²) in [6.07, 6.45) is 3.21. The number of nitrogens with one attached hydrogen (secondary N) is 1. The van der Waals surface area contributed by atoms with E-state index in [1.54, 1.807) is 6.07 Å². The largest absolute Gasteiger partial charge is 0.395 e. The fourth-order valence-electron chi connectivity index (χ4n) is 2.61. The predicted octanol–water partition coefficient (Wildman–Crippen LogP) is 1.46. The smallest absolute Gasteiger partial charge is 0.124 e. The third kappa shape index (κ3) is 3.52. The maximum absolute atomic E-state index is 13.5. The second kappa shape index (κ2) is 6.12. The summed E-state index contributed by atoms with van der Waals surface area (Å²) >= 11 is 0. The summed E-state index contributed by atoms with van der Waals surface area (Å²) < 4.78 is 13.5. The quantitative estimate of drug-likeness (QED) is 0.570. The highest BCUT2D eigenvalue weighted by atomic mass is 19.1. The first-order valence-electron chi connectivity index (χ1n) is 6.59. The van der Waals surface area contributed by atoms with E-state index >= 15 is 0 Å². The SMILES string of the molecule is N=C(N)c1cc(F)cc(CN2CCCCC2CO)c1. The summed E-state index contributed by atoms with van der Waals surface area (Å²) in [5.74, 6) is -0.502. The molecular formula is C14H20FN3O. The second-order valence-electron chi connectivity index (χ2n) is 5.06. The molecule has 104 valence electrons. The van der Waals surface area contributed by atoms with Gasteiger partial charge in [-0.25, -0.2) is 4.39 Å². The summed E-state index contributed by atoms with van der Waals surface area (Å²) in [7, 11) is 0. The van der Waals surface area contributed by atoms with Gasteiger partial charge in [0.2, 0.25) is 0 Å². The molecule has 1 aromatic carbocycles. The van der Waals surface area contributed by atoms with E-state index in [4.69, 9.17) is 11.1 Å². The van der Waals surface area contributed by atoms with Crippen LogP contribution in [0.3, 0.4) is 0 Å². The Morgan fingerprint density at radius 3 is 2.89 bits per heavy atom. The van der Waals surface area contributed by atoms with Gasteiger partial charge in [0.1, 0.15) is 11.7 Å². The van der Waals surface area contributed by atoms with Gasteiger partial charge in [-0.3, -0.25) is 10.3 Å². The molecule has 0 bridgehead atoms. The molecule has 1 heterocycles. The average Bonchev–Trinajstić information content (AvgIpc) is 2.38. The van der Waals surface area contributed by atoms with Gasteiger partial charge in [0, 0.05) is 18.2 Å². The lowest BCUT2D eigenvalue weighted by Gasteiger charge is -2.34. The van der Waals surface area contributed by atoms with Crippen molar-refractivity contribution in [3.63, 3.8) is 0 Å². The van der Waals surface area contributed by atoms with Gasteiger partial charge >= 0.3 is 0 Å². The van der Waals surface area contributed by atoms with E-state index in [0.29, 0.717) is 12.1 Å². The maximum Gasteiger partial charge on any atom is 0.124 e. The van der Waals surface area contributed by atoms with Crippen LogP contribution in [-0.2, 0) is 6.54 Å². The Kier molecular flexibility index (Phi) is 4.50. The number of hydrogen-bond acceptors (Lipinski definition) is 3. The number of likely N-dealkylation sites (tertiary alicyclic amines) is 1. The Labute approximate surface area is 112 Å². The molecule has 1 atom stereocenters. The Morgan fingerprint density at radius 2 is 2.21 bits per heavy atom. The zero-order chi connectivity index (χ0) is 13.8. The summed E-state index contributed by atoms with van der Waals surface area (Å²) in [6.45, 7) is 1.63. The van der Waals surface area contributed by atoms with Crippen molar-refractivity contribution in [3.05, 3.63) is 35.1 Å². The normalized spacial score (nSPS) is 20.4. The number of aliphatic hydroxyl groups is 1. The second-order valence-corrected chi connectivity index (χ2v) is 5.06. The Morgan fingerprint density at radius 1 is 1.42 bits per heavy atom. The Balaban J connectivity index is 2.15. The first kappa shape index (κ1) is 14.0. The molecule has 2 rings (SSSR count). The fourth-order valence-corrected chi connectivity index (χ4v) is 2.61. The Hall–Kier alpha value is -1.46. The van der Waals surface area contributed by atoms with Crippen LogP contribution in [0, 0.1) is 11.2 Å². The van der Waals surface area contributed by atoms with E-state index in [0.717, 1.165) is 31.4 Å². The van der Waals surface area contributed by atoms with Crippen molar-refractivity contribution in [2.45, 2.75) is 31.8 Å². The number of hydrogen-bond donors (Lipinski definition) is 3. The number of nitrogens with zero attached hydrogens (tertiary/aromatic N) is 1. The molecule has 1 fully saturated rings. The van der Waals surface area contributed by atoms with Crippen LogP contribution in [0.1, 0.15) is 30.4 Å². The molecule has 1 saturated heterocycles. The van der Waals surface area contributed by atoms with Gasteiger partial charge in [0.15, 0.2) is 0 Å². The number of nitrogen functional groups attached to an aromatic ring is 1. The third-order valence-corrected chi connectivity index (χ3v) is 3.61. The lowest BCUT2D eigenvalue weighted by atomic mass is 10.0. The van der Waals surface area contributed by atoms with E-state index in [2.05, 4.69) is 4.90 Å². The molecule has 1 aromatic rings. The first-order valence-corrected chi connectivity index (χ1v) is 6.59. The minimum atomic E-state index is -0.375. The maximum atomic E-state index is 13.5. The molecule has 19 heavy (non-hydrogen) atoms. The Bertz CT molecular complexity index is 464. The van der Waals surface area contributed by atoms with Gasteiger partial charge in [-0.2, -0.15) is 0 Å². The molecule has 1 aliphatic heterocycles. The zero-order valence-electron chi connectivity index (χ0n) is 10.9. The van der Waals surface area contributed by atoms with Crippen LogP contribution in [-0.4, -0.2) is 35.0 Å². The monoisotopic (exact) mass is 265 g/mol. The van der Waals surface area contributed by atoms with Crippen LogP contribution in [0.4, 0.5) is 4.39 Å². The number of nitrogens with two attached hydrogens (primary N) is 1. The zero-order valence-corrected chi connectivity index (χ0v) is 10.9. The summed E-state index contributed by atoms with van der Waals surface area (Å²) in [6, 6.07) is 4.63. The van der Waals surface area contributed by atoms with Crippen LogP contribution in [0.5, 0.6) is 0 Å². The first-order chi connectivity index (χ1) is 9.10. The van der Waals surface area contributed by atoms with Crippen LogP contribution >= 0.6 is 0 Å². The molecular weight excluding hydrogens is 245 g/mol. The highest BCUT2D eigenvalue weighted by molar-refractivity contribution is 5.95. The molecule has 0 amide bonds. The highest BCUT2D eigenvalue weighted by Gasteiger charge is 2.21. The van der Waals surface area contributed by atoms with Gasteiger partial charge in [0.25, 0.3) is 0 Å². The standard InChI is InChI=1S/C14H20FN3O/c15-12-6-10(5-11(7-12)14(16)17)8-18-4-2-1-3-13(18)9-19/h5-7,13,19H,1-4,8-9H2,(H3,16,17). The molecule has 4 N–H and O–H groups in total. The molecule has 0 radical (unpaired) electrons. The van der Waals surface area contributed by atoms with E-state index in [-0.39, 0.29) is 24.3 Å². The van der Waals surface area contributed by atoms with E-state index in [1.807, 2.05) is 0 Å². The van der Waals surface area contributed by atoms with E-state index < -0.39 is 0 Å². The van der Waals surface area contributed by atoms with Crippen molar-refractivity contribution in [3.8, 4) is 0 Å². The highest BCUT2D eigenvalue weighted by Crippen LogP contribution is 2.20. The summed E-state index contributed by atoms with van der Waals surface area (Å²) in [5.41, 5.74) is 6.61. The van der Waals surface area contributed by atoms with Crippen LogP contribution in [0.15, 0.2) is 18.2 Å². The minimum absolute atomic E-state index is 0.127. The van der Waals surface area contributed by atoms with Crippen LogP contribution in [0.2, 0.25) is 0 Å². The molecule has 0 aliphatic carbocycles. The molecule has 5 heteroatoms. The van der Waals surface area contributed by atoms with Crippen molar-refractivity contribution < 1.29 is 9.50 Å². The van der Waals surface area contributed by atoms with E-state index in [9.17, 15) is 9.50 Å². The summed E-state index contributed by atoms with van der Waals surface area (Å²) in [4.78, 5) is 2.17. The number of piperidine rings is 1. The fraction of sp³-hybridized carbons (Fsp3) is 0.500. The minimum Gasteiger partial charge on any atom is -0.395 e. The molecule has 1 aliphatic rings. The van der Waals surface area contributed by atoms with Crippen LogP contribution < -0.4 is 5.73 Å². The molecule has 4 nitrogen and oxygen atoms in total. The topological polar surface area (TPSA) is 73.3 Å². The van der Waals surface area contributed by atoms with Crippen molar-refractivity contribution >= 4 is 5.84 Å². The third-order valence-electron chi connectivity index (χ3n) is 3.61. The van der Waals surface area contributed by atoms with Crippen molar-refractivity contribution in [2.24, 2.45) is 5.73 Å². The van der Waals surface area contributed by atoms with Gasteiger partial charge < -0.3 is 10.8 Å².